The summed E-state index contributed by atoms with van der Waals surface area (Å²) < 4.78 is 5.36. The van der Waals surface area contributed by atoms with Crippen LogP contribution in [0.3, 0.4) is 0 Å². The molecule has 0 radical (unpaired) electrons. The normalized spacial score (nSPS) is 22.5. The third-order valence-electron chi connectivity index (χ3n) is 4.78. The van der Waals surface area contributed by atoms with Crippen LogP contribution in [0.4, 0.5) is 0 Å². The summed E-state index contributed by atoms with van der Waals surface area (Å²) in [6.45, 7) is 5.61. The molecule has 2 fully saturated rings. The Morgan fingerprint density at radius 2 is 2.10 bits per heavy atom. The van der Waals surface area contributed by atoms with Gasteiger partial charge in [-0.25, -0.2) is 0 Å². The van der Waals surface area contributed by atoms with Crippen molar-refractivity contribution in [2.75, 3.05) is 20.2 Å². The monoisotopic (exact) mass is 288 g/mol. The summed E-state index contributed by atoms with van der Waals surface area (Å²) >= 11 is 0. The first-order valence-corrected chi connectivity index (χ1v) is 8.37. The molecule has 116 valence electrons. The summed E-state index contributed by atoms with van der Waals surface area (Å²) in [4.78, 5) is 2.68. The number of rotatable bonds is 6. The van der Waals surface area contributed by atoms with E-state index in [4.69, 9.17) is 4.74 Å². The van der Waals surface area contributed by atoms with Gasteiger partial charge in [-0.3, -0.25) is 4.90 Å². The fourth-order valence-electron chi connectivity index (χ4n) is 3.42. The van der Waals surface area contributed by atoms with Crippen LogP contribution in [0.2, 0.25) is 0 Å². The predicted octanol–water partition coefficient (Wildman–Crippen LogP) is 3.11. The fraction of sp³-hybridized carbons (Fsp3) is 0.667. The molecular weight excluding hydrogens is 260 g/mol. The lowest BCUT2D eigenvalue weighted by atomic mass is 10.0. The molecule has 21 heavy (non-hydrogen) atoms. The Bertz CT molecular complexity index is 464. The van der Waals surface area contributed by atoms with Gasteiger partial charge in [-0.05, 0) is 56.3 Å². The molecule has 1 heterocycles. The van der Waals surface area contributed by atoms with Crippen LogP contribution in [0.15, 0.2) is 18.2 Å². The lowest BCUT2D eigenvalue weighted by Crippen LogP contribution is -2.44. The standard InChI is InChI=1S/C18H28N2O/c1-14-11-15(6-9-18(14)21-2)12-20(17-7-8-17)13-16-5-3-4-10-19-16/h6,9,11,16-17,19H,3-5,7-8,10,12-13H2,1-2H3. The molecule has 3 nitrogen and oxygen atoms in total. The van der Waals surface area contributed by atoms with Crippen LogP contribution in [0, 0.1) is 6.92 Å². The second-order valence-corrected chi connectivity index (χ2v) is 6.61. The molecule has 1 unspecified atom stereocenters. The second kappa shape index (κ2) is 6.80. The van der Waals surface area contributed by atoms with Gasteiger partial charge in [0.15, 0.2) is 0 Å². The summed E-state index contributed by atoms with van der Waals surface area (Å²) in [6.07, 6.45) is 6.82. The van der Waals surface area contributed by atoms with Crippen molar-refractivity contribution >= 4 is 0 Å². The molecule has 3 rings (SSSR count). The van der Waals surface area contributed by atoms with Gasteiger partial charge in [0.2, 0.25) is 0 Å². The smallest absolute Gasteiger partial charge is 0.121 e. The molecule has 0 spiro atoms. The number of hydrogen-bond acceptors (Lipinski definition) is 3. The maximum Gasteiger partial charge on any atom is 0.121 e. The summed E-state index contributed by atoms with van der Waals surface area (Å²) in [7, 11) is 1.74. The van der Waals surface area contributed by atoms with Crippen molar-refractivity contribution in [1.29, 1.82) is 0 Å². The minimum atomic E-state index is 0.693. The molecule has 0 bridgehead atoms. The van der Waals surface area contributed by atoms with Crippen LogP contribution in [0.5, 0.6) is 5.75 Å². The van der Waals surface area contributed by atoms with Crippen LogP contribution in [0.1, 0.15) is 43.2 Å². The van der Waals surface area contributed by atoms with Gasteiger partial charge >= 0.3 is 0 Å². The second-order valence-electron chi connectivity index (χ2n) is 6.61. The predicted molar refractivity (Wildman–Crippen MR) is 86.8 cm³/mol. The zero-order chi connectivity index (χ0) is 14.7. The van der Waals surface area contributed by atoms with Crippen molar-refractivity contribution in [1.82, 2.24) is 10.2 Å². The molecule has 3 heteroatoms. The quantitative estimate of drug-likeness (QED) is 0.870. The van der Waals surface area contributed by atoms with Gasteiger partial charge in [0.25, 0.3) is 0 Å². The van der Waals surface area contributed by atoms with E-state index in [0.717, 1.165) is 18.3 Å². The molecule has 1 saturated heterocycles. The molecule has 0 aromatic heterocycles. The molecule has 1 aliphatic heterocycles. The highest BCUT2D eigenvalue weighted by molar-refractivity contribution is 5.36. The SMILES string of the molecule is COc1ccc(CN(CC2CCCCN2)C2CC2)cc1C. The topological polar surface area (TPSA) is 24.5 Å². The minimum Gasteiger partial charge on any atom is -0.496 e. The molecule has 1 aromatic carbocycles. The van der Waals surface area contributed by atoms with Gasteiger partial charge in [0.05, 0.1) is 7.11 Å². The Labute approximate surface area is 128 Å². The molecule has 1 N–H and O–H groups in total. The molecule has 1 aromatic rings. The van der Waals surface area contributed by atoms with E-state index in [-0.39, 0.29) is 0 Å². The Hall–Kier alpha value is -1.06. The van der Waals surface area contributed by atoms with Crippen LogP contribution in [-0.4, -0.2) is 37.2 Å². The lowest BCUT2D eigenvalue weighted by Gasteiger charge is -2.31. The zero-order valence-corrected chi connectivity index (χ0v) is 13.4. The molecule has 1 aliphatic carbocycles. The highest BCUT2D eigenvalue weighted by Crippen LogP contribution is 2.30. The van der Waals surface area contributed by atoms with Crippen molar-refractivity contribution in [2.24, 2.45) is 0 Å². The maximum absolute atomic E-state index is 5.36. The van der Waals surface area contributed by atoms with Gasteiger partial charge in [0.1, 0.15) is 5.75 Å². The zero-order valence-electron chi connectivity index (χ0n) is 13.4. The van der Waals surface area contributed by atoms with Gasteiger partial charge in [-0.2, -0.15) is 0 Å². The number of hydrogen-bond donors (Lipinski definition) is 1. The largest absolute Gasteiger partial charge is 0.496 e. The van der Waals surface area contributed by atoms with Gasteiger partial charge in [-0.1, -0.05) is 18.6 Å². The highest BCUT2D eigenvalue weighted by Gasteiger charge is 2.30. The molecular formula is C18H28N2O. The molecule has 1 saturated carbocycles. The van der Waals surface area contributed by atoms with E-state index < -0.39 is 0 Å². The van der Waals surface area contributed by atoms with E-state index >= 15 is 0 Å². The number of benzene rings is 1. The van der Waals surface area contributed by atoms with Crippen LogP contribution >= 0.6 is 0 Å². The van der Waals surface area contributed by atoms with Crippen LogP contribution < -0.4 is 10.1 Å². The number of nitrogens with zero attached hydrogens (tertiary/aromatic N) is 1. The van der Waals surface area contributed by atoms with Crippen LogP contribution in [-0.2, 0) is 6.54 Å². The number of aryl methyl sites for hydroxylation is 1. The van der Waals surface area contributed by atoms with E-state index in [1.165, 1.54) is 56.3 Å². The van der Waals surface area contributed by atoms with Crippen molar-refractivity contribution in [2.45, 2.75) is 57.7 Å². The van der Waals surface area contributed by atoms with Crippen molar-refractivity contribution < 1.29 is 4.74 Å². The summed E-state index contributed by atoms with van der Waals surface area (Å²) in [5.74, 6) is 0.991. The van der Waals surface area contributed by atoms with E-state index in [1.807, 2.05) is 0 Å². The summed E-state index contributed by atoms with van der Waals surface area (Å²) in [6, 6.07) is 8.11. The lowest BCUT2D eigenvalue weighted by molar-refractivity contribution is 0.208. The Kier molecular flexibility index (Phi) is 4.81. The van der Waals surface area contributed by atoms with E-state index in [0.29, 0.717) is 6.04 Å². The van der Waals surface area contributed by atoms with Crippen molar-refractivity contribution in [3.8, 4) is 5.75 Å². The number of nitrogens with one attached hydrogen (secondary N) is 1. The average Bonchev–Trinajstić information content (AvgIpc) is 3.32. The third-order valence-corrected chi connectivity index (χ3v) is 4.78. The summed E-state index contributed by atoms with van der Waals surface area (Å²) in [5, 5.41) is 3.69. The Morgan fingerprint density at radius 1 is 1.24 bits per heavy atom. The molecule has 1 atom stereocenters. The first kappa shape index (κ1) is 14.9. The maximum atomic E-state index is 5.36. The third kappa shape index (κ3) is 3.98. The van der Waals surface area contributed by atoms with Gasteiger partial charge in [-0.15, -0.1) is 0 Å². The van der Waals surface area contributed by atoms with E-state index in [9.17, 15) is 0 Å². The highest BCUT2D eigenvalue weighted by atomic mass is 16.5. The first-order chi connectivity index (χ1) is 10.3. The number of methoxy groups -OCH3 is 1. The van der Waals surface area contributed by atoms with Crippen molar-refractivity contribution in [3.63, 3.8) is 0 Å². The number of ether oxygens (including phenoxy) is 1. The van der Waals surface area contributed by atoms with E-state index in [1.54, 1.807) is 7.11 Å². The molecule has 0 amide bonds. The van der Waals surface area contributed by atoms with Crippen LogP contribution in [0.25, 0.3) is 0 Å². The Balaban J connectivity index is 1.63. The average molecular weight is 288 g/mol. The van der Waals surface area contributed by atoms with Crippen molar-refractivity contribution in [3.05, 3.63) is 29.3 Å². The number of piperidine rings is 1. The first-order valence-electron chi connectivity index (χ1n) is 8.37. The van der Waals surface area contributed by atoms with E-state index in [2.05, 4.69) is 35.3 Å². The Morgan fingerprint density at radius 3 is 2.71 bits per heavy atom. The summed E-state index contributed by atoms with van der Waals surface area (Å²) in [5.41, 5.74) is 2.65. The van der Waals surface area contributed by atoms with Gasteiger partial charge < -0.3 is 10.1 Å². The molecule has 2 aliphatic rings. The minimum absolute atomic E-state index is 0.693. The fourth-order valence-corrected chi connectivity index (χ4v) is 3.42. The van der Waals surface area contributed by atoms with Gasteiger partial charge in [0, 0.05) is 25.2 Å².